The molecule has 2 aromatic heterocycles. The summed E-state index contributed by atoms with van der Waals surface area (Å²) in [6.45, 7) is 6.10. The molecule has 0 fully saturated rings. The molecule has 16 heavy (non-hydrogen) atoms. The zero-order valence-corrected chi connectivity index (χ0v) is 10.8. The number of aryl methyl sites for hydroxylation is 2. The van der Waals surface area contributed by atoms with Gasteiger partial charge in [0.1, 0.15) is 11.6 Å². The van der Waals surface area contributed by atoms with E-state index in [1.54, 1.807) is 11.3 Å². The first-order chi connectivity index (χ1) is 7.63. The molecule has 84 valence electrons. The van der Waals surface area contributed by atoms with E-state index < -0.39 is 0 Å². The highest BCUT2D eigenvalue weighted by Crippen LogP contribution is 2.30. The van der Waals surface area contributed by atoms with Gasteiger partial charge in [-0.15, -0.1) is 11.3 Å². The summed E-state index contributed by atoms with van der Waals surface area (Å²) in [5.41, 5.74) is 3.36. The number of thiophene rings is 1. The Morgan fingerprint density at radius 1 is 1.19 bits per heavy atom. The third-order valence-corrected chi connectivity index (χ3v) is 3.45. The summed E-state index contributed by atoms with van der Waals surface area (Å²) in [7, 11) is 1.89. The van der Waals surface area contributed by atoms with Crippen LogP contribution in [0.2, 0.25) is 0 Å². The molecule has 3 nitrogen and oxygen atoms in total. The van der Waals surface area contributed by atoms with Gasteiger partial charge >= 0.3 is 0 Å². The third kappa shape index (κ3) is 1.80. The molecule has 0 amide bonds. The molecule has 0 aromatic carbocycles. The molecule has 0 saturated heterocycles. The Hall–Kier alpha value is -1.42. The van der Waals surface area contributed by atoms with Crippen LogP contribution in [-0.4, -0.2) is 17.0 Å². The van der Waals surface area contributed by atoms with Crippen molar-refractivity contribution in [3.63, 3.8) is 0 Å². The fourth-order valence-electron chi connectivity index (χ4n) is 1.76. The van der Waals surface area contributed by atoms with Crippen LogP contribution in [0.4, 0.5) is 5.82 Å². The van der Waals surface area contributed by atoms with Crippen molar-refractivity contribution in [3.05, 3.63) is 27.7 Å². The molecule has 0 aliphatic rings. The summed E-state index contributed by atoms with van der Waals surface area (Å²) in [4.78, 5) is 10.2. The number of nitrogens with one attached hydrogen (secondary N) is 1. The predicted molar refractivity (Wildman–Crippen MR) is 69.1 cm³/mol. The van der Waals surface area contributed by atoms with Crippen molar-refractivity contribution >= 4 is 17.2 Å². The van der Waals surface area contributed by atoms with Crippen molar-refractivity contribution in [1.29, 1.82) is 0 Å². The average Bonchev–Trinajstić information content (AvgIpc) is 2.67. The van der Waals surface area contributed by atoms with Gasteiger partial charge in [-0.3, -0.25) is 0 Å². The van der Waals surface area contributed by atoms with Gasteiger partial charge in [0.15, 0.2) is 0 Å². The molecule has 0 aliphatic heterocycles. The summed E-state index contributed by atoms with van der Waals surface area (Å²) >= 11 is 1.75. The molecule has 0 saturated carbocycles. The van der Waals surface area contributed by atoms with Crippen LogP contribution in [0.25, 0.3) is 11.3 Å². The second kappa shape index (κ2) is 4.22. The average molecular weight is 233 g/mol. The lowest BCUT2D eigenvalue weighted by molar-refractivity contribution is 1.04. The second-order valence-electron chi connectivity index (χ2n) is 3.73. The van der Waals surface area contributed by atoms with Gasteiger partial charge < -0.3 is 5.32 Å². The molecule has 2 rings (SSSR count). The van der Waals surface area contributed by atoms with Gasteiger partial charge in [0.05, 0.1) is 5.69 Å². The highest BCUT2D eigenvalue weighted by molar-refractivity contribution is 7.10. The van der Waals surface area contributed by atoms with Crippen molar-refractivity contribution in [2.75, 3.05) is 12.4 Å². The van der Waals surface area contributed by atoms with E-state index >= 15 is 0 Å². The topological polar surface area (TPSA) is 37.8 Å². The van der Waals surface area contributed by atoms with Crippen molar-refractivity contribution in [1.82, 2.24) is 9.97 Å². The Labute approximate surface area is 99.6 Å². The lowest BCUT2D eigenvalue weighted by Crippen LogP contribution is -2.02. The van der Waals surface area contributed by atoms with Gasteiger partial charge in [0, 0.05) is 23.1 Å². The molecule has 2 heterocycles. The van der Waals surface area contributed by atoms with Gasteiger partial charge in [-0.2, -0.15) is 0 Å². The summed E-state index contributed by atoms with van der Waals surface area (Å²) in [5.74, 6) is 1.71. The van der Waals surface area contributed by atoms with Crippen molar-refractivity contribution in [2.24, 2.45) is 0 Å². The Balaban J connectivity index is 2.65. The Morgan fingerprint density at radius 2 is 1.94 bits per heavy atom. The van der Waals surface area contributed by atoms with Crippen LogP contribution in [0.3, 0.4) is 0 Å². The first-order valence-corrected chi connectivity index (χ1v) is 6.09. The van der Waals surface area contributed by atoms with Crippen LogP contribution in [-0.2, 0) is 0 Å². The van der Waals surface area contributed by atoms with E-state index in [1.807, 2.05) is 14.0 Å². The fourth-order valence-corrected chi connectivity index (χ4v) is 2.46. The molecule has 2 aromatic rings. The number of aromatic nitrogens is 2. The molecule has 0 radical (unpaired) electrons. The minimum atomic E-state index is 0.801. The first-order valence-electron chi connectivity index (χ1n) is 5.21. The normalized spacial score (nSPS) is 10.5. The summed E-state index contributed by atoms with van der Waals surface area (Å²) in [5, 5.41) is 5.21. The number of nitrogens with zero attached hydrogens (tertiary/aromatic N) is 2. The largest absolute Gasteiger partial charge is 0.373 e. The lowest BCUT2D eigenvalue weighted by atomic mass is 10.1. The Bertz CT molecular complexity index is 517. The molecular formula is C12H15N3S. The van der Waals surface area contributed by atoms with E-state index in [4.69, 9.17) is 0 Å². The van der Waals surface area contributed by atoms with Crippen molar-refractivity contribution < 1.29 is 0 Å². The molecule has 0 spiro atoms. The van der Waals surface area contributed by atoms with Crippen LogP contribution < -0.4 is 5.32 Å². The van der Waals surface area contributed by atoms with E-state index in [1.165, 1.54) is 10.4 Å². The maximum atomic E-state index is 4.54. The summed E-state index contributed by atoms with van der Waals surface area (Å²) < 4.78 is 0. The predicted octanol–water partition coefficient (Wildman–Crippen LogP) is 3.17. The van der Waals surface area contributed by atoms with Crippen LogP contribution >= 0.6 is 11.3 Å². The fraction of sp³-hybridized carbons (Fsp3) is 0.333. The minimum Gasteiger partial charge on any atom is -0.373 e. The third-order valence-electron chi connectivity index (χ3n) is 2.61. The lowest BCUT2D eigenvalue weighted by Gasteiger charge is -2.10. The minimum absolute atomic E-state index is 0.801. The second-order valence-corrected chi connectivity index (χ2v) is 4.85. The van der Waals surface area contributed by atoms with Gasteiger partial charge in [0.25, 0.3) is 0 Å². The first kappa shape index (κ1) is 11.1. The monoisotopic (exact) mass is 233 g/mol. The Morgan fingerprint density at radius 3 is 2.50 bits per heavy atom. The quantitative estimate of drug-likeness (QED) is 0.865. The van der Waals surface area contributed by atoms with Crippen molar-refractivity contribution in [2.45, 2.75) is 20.8 Å². The smallest absolute Gasteiger partial charge is 0.132 e. The molecule has 0 aliphatic carbocycles. The summed E-state index contributed by atoms with van der Waals surface area (Å²) in [6.07, 6.45) is 0. The zero-order valence-electron chi connectivity index (χ0n) is 9.96. The highest BCUT2D eigenvalue weighted by atomic mass is 32.1. The molecular weight excluding hydrogens is 218 g/mol. The van der Waals surface area contributed by atoms with Crippen LogP contribution in [0.1, 0.15) is 16.3 Å². The van der Waals surface area contributed by atoms with E-state index in [0.717, 1.165) is 22.9 Å². The molecule has 0 bridgehead atoms. The van der Waals surface area contributed by atoms with E-state index in [9.17, 15) is 0 Å². The molecule has 4 heteroatoms. The highest BCUT2D eigenvalue weighted by Gasteiger charge is 2.12. The molecule has 0 unspecified atom stereocenters. The van der Waals surface area contributed by atoms with Crippen LogP contribution in [0, 0.1) is 20.8 Å². The van der Waals surface area contributed by atoms with E-state index in [-0.39, 0.29) is 0 Å². The summed E-state index contributed by atoms with van der Waals surface area (Å²) in [6, 6.07) is 2.12. The molecule has 1 N–H and O–H groups in total. The van der Waals surface area contributed by atoms with Gasteiger partial charge in [0.2, 0.25) is 0 Å². The van der Waals surface area contributed by atoms with E-state index in [0.29, 0.717) is 0 Å². The zero-order chi connectivity index (χ0) is 11.7. The Kier molecular flexibility index (Phi) is 2.92. The number of anilines is 1. The SMILES string of the molecule is CNc1nc(C)nc(-c2ccsc2C)c1C. The maximum Gasteiger partial charge on any atom is 0.132 e. The van der Waals surface area contributed by atoms with Gasteiger partial charge in [-0.25, -0.2) is 9.97 Å². The van der Waals surface area contributed by atoms with Gasteiger partial charge in [-0.1, -0.05) is 0 Å². The standard InChI is InChI=1S/C12H15N3S/c1-7-11(10-5-6-16-8(10)2)14-9(3)15-12(7)13-4/h5-6H,1-4H3,(H,13,14,15). The van der Waals surface area contributed by atoms with Crippen LogP contribution in [0.5, 0.6) is 0 Å². The molecule has 0 atom stereocenters. The number of rotatable bonds is 2. The van der Waals surface area contributed by atoms with Gasteiger partial charge in [-0.05, 0) is 32.2 Å². The number of hydrogen-bond donors (Lipinski definition) is 1. The van der Waals surface area contributed by atoms with E-state index in [2.05, 4.69) is 40.6 Å². The maximum absolute atomic E-state index is 4.54. The van der Waals surface area contributed by atoms with Crippen molar-refractivity contribution in [3.8, 4) is 11.3 Å². The van der Waals surface area contributed by atoms with Crippen LogP contribution in [0.15, 0.2) is 11.4 Å². The number of hydrogen-bond acceptors (Lipinski definition) is 4.